The number of hydrogen-bond acceptors (Lipinski definition) is 5. The first-order valence-electron chi connectivity index (χ1n) is 19.1. The van der Waals surface area contributed by atoms with Crippen LogP contribution in [-0.4, -0.2) is 15.0 Å². The lowest BCUT2D eigenvalue weighted by Crippen LogP contribution is -2.28. The lowest BCUT2D eigenvalue weighted by Gasteiger charge is -2.34. The molecule has 5 nitrogen and oxygen atoms in total. The highest BCUT2D eigenvalue weighted by Gasteiger charge is 2.48. The zero-order valence-corrected chi connectivity index (χ0v) is 30.7. The van der Waals surface area contributed by atoms with Gasteiger partial charge in [-0.05, 0) is 69.3 Å². The second kappa shape index (κ2) is 13.3. The first kappa shape index (κ1) is 32.8. The number of nitrogens with zero attached hydrogens (tertiary/aromatic N) is 3. The predicted molar refractivity (Wildman–Crippen MR) is 225 cm³/mol. The normalized spacial score (nSPS) is 13.0. The van der Waals surface area contributed by atoms with Crippen molar-refractivity contribution >= 4 is 0 Å². The molecule has 268 valence electrons. The van der Waals surface area contributed by atoms with Gasteiger partial charge in [0, 0.05) is 22.3 Å². The predicted octanol–water partition coefficient (Wildman–Crippen LogP) is 12.8. The Labute approximate surface area is 330 Å². The topological polar surface area (TPSA) is 57.1 Å². The Bertz CT molecular complexity index is 2910. The molecule has 0 amide bonds. The quantitative estimate of drug-likeness (QED) is 0.170. The fourth-order valence-electron chi connectivity index (χ4n) is 8.52. The van der Waals surface area contributed by atoms with Crippen molar-refractivity contribution in [1.82, 2.24) is 15.0 Å². The second-order valence-electron chi connectivity index (χ2n) is 14.3. The van der Waals surface area contributed by atoms with E-state index in [-0.39, 0.29) is 0 Å². The SMILES string of the molecule is c1ccc(-c2cccc(-c3nc(-c4ccccc4)nc(-c4ccc5c(c4)Oc4c(ccc6c4-c4ccccc4C6(c4ccccc4)c4ccccc4)O5)n3)c2)cc1. The van der Waals surface area contributed by atoms with Crippen molar-refractivity contribution in [1.29, 1.82) is 0 Å². The fourth-order valence-corrected chi connectivity index (χ4v) is 8.52. The van der Waals surface area contributed by atoms with Crippen molar-refractivity contribution in [3.05, 3.63) is 222 Å². The average Bonchev–Trinajstić information content (AvgIpc) is 3.61. The van der Waals surface area contributed by atoms with Gasteiger partial charge in [0.1, 0.15) is 0 Å². The Morgan fingerprint density at radius 2 is 0.860 bits per heavy atom. The van der Waals surface area contributed by atoms with Crippen molar-refractivity contribution < 1.29 is 9.47 Å². The van der Waals surface area contributed by atoms with Crippen LogP contribution >= 0.6 is 0 Å². The first-order chi connectivity index (χ1) is 28.2. The molecule has 0 bridgehead atoms. The summed E-state index contributed by atoms with van der Waals surface area (Å²) in [6.45, 7) is 0. The van der Waals surface area contributed by atoms with Crippen molar-refractivity contribution in [2.24, 2.45) is 0 Å². The molecule has 0 unspecified atom stereocenters. The molecule has 9 aromatic rings. The molecule has 1 aliphatic heterocycles. The van der Waals surface area contributed by atoms with Crippen molar-refractivity contribution in [3.8, 4) is 79.4 Å². The van der Waals surface area contributed by atoms with Gasteiger partial charge in [-0.1, -0.05) is 170 Å². The maximum atomic E-state index is 7.00. The van der Waals surface area contributed by atoms with Crippen LogP contribution < -0.4 is 9.47 Å². The maximum Gasteiger partial charge on any atom is 0.178 e. The van der Waals surface area contributed by atoms with Crippen LogP contribution in [0.5, 0.6) is 23.0 Å². The van der Waals surface area contributed by atoms with Gasteiger partial charge in [-0.2, -0.15) is 0 Å². The lowest BCUT2D eigenvalue weighted by atomic mass is 9.68. The molecule has 0 saturated heterocycles. The van der Waals surface area contributed by atoms with E-state index in [1.165, 1.54) is 16.7 Å². The maximum absolute atomic E-state index is 7.00. The molecule has 0 atom stereocenters. The lowest BCUT2D eigenvalue weighted by molar-refractivity contribution is 0.360. The van der Waals surface area contributed by atoms with Gasteiger partial charge in [0.15, 0.2) is 40.5 Å². The van der Waals surface area contributed by atoms with Gasteiger partial charge in [-0.25, -0.2) is 15.0 Å². The Morgan fingerprint density at radius 1 is 0.333 bits per heavy atom. The van der Waals surface area contributed by atoms with Gasteiger partial charge in [0.25, 0.3) is 0 Å². The molecule has 2 heterocycles. The second-order valence-corrected chi connectivity index (χ2v) is 14.3. The van der Waals surface area contributed by atoms with Crippen LogP contribution in [-0.2, 0) is 5.41 Å². The summed E-state index contributed by atoms with van der Waals surface area (Å²) in [4.78, 5) is 15.1. The minimum atomic E-state index is -0.554. The molecule has 1 aliphatic carbocycles. The number of hydrogen-bond donors (Lipinski definition) is 0. The third-order valence-electron chi connectivity index (χ3n) is 11.1. The number of aromatic nitrogens is 3. The molecule has 0 saturated carbocycles. The van der Waals surface area contributed by atoms with Crippen molar-refractivity contribution in [2.45, 2.75) is 5.41 Å². The van der Waals surface area contributed by atoms with Gasteiger partial charge < -0.3 is 9.47 Å². The van der Waals surface area contributed by atoms with Crippen LogP contribution in [0.15, 0.2) is 200 Å². The molecule has 5 heteroatoms. The number of rotatable bonds is 6. The summed E-state index contributed by atoms with van der Waals surface area (Å²) in [6.07, 6.45) is 0. The van der Waals surface area contributed by atoms with E-state index in [2.05, 4.69) is 115 Å². The van der Waals surface area contributed by atoms with E-state index < -0.39 is 5.41 Å². The van der Waals surface area contributed by atoms with Gasteiger partial charge >= 0.3 is 0 Å². The van der Waals surface area contributed by atoms with Crippen LogP contribution in [0.1, 0.15) is 22.3 Å². The standard InChI is InChI=1S/C52H33N3O2/c1-5-16-34(17-6-1)36-20-15-21-37(32-36)50-53-49(35-18-7-2-8-19-35)54-51(55-50)38-28-30-44-46(33-38)57-48-45(56-44)31-29-43-47(48)41-26-13-14-27-42(41)52(43,39-22-9-3-10-23-39)40-24-11-4-12-25-40/h1-33H. The first-order valence-corrected chi connectivity index (χ1v) is 19.1. The van der Waals surface area contributed by atoms with Crippen molar-refractivity contribution in [2.75, 3.05) is 0 Å². The highest BCUT2D eigenvalue weighted by Crippen LogP contribution is 2.62. The van der Waals surface area contributed by atoms with E-state index in [9.17, 15) is 0 Å². The molecule has 0 radical (unpaired) electrons. The average molecular weight is 732 g/mol. The highest BCUT2D eigenvalue weighted by molar-refractivity contribution is 5.92. The Balaban J connectivity index is 1.05. The number of benzene rings is 8. The Kier molecular flexibility index (Phi) is 7.64. The minimum absolute atomic E-state index is 0.539. The molecule has 0 fully saturated rings. The van der Waals surface area contributed by atoms with Gasteiger partial charge in [-0.15, -0.1) is 0 Å². The molecule has 11 rings (SSSR count). The Morgan fingerprint density at radius 3 is 1.54 bits per heavy atom. The van der Waals surface area contributed by atoms with Gasteiger partial charge in [0.2, 0.25) is 0 Å². The molecular formula is C52H33N3O2. The van der Waals surface area contributed by atoms with E-state index >= 15 is 0 Å². The van der Waals surface area contributed by atoms with E-state index in [0.29, 0.717) is 40.5 Å². The van der Waals surface area contributed by atoms with E-state index in [0.717, 1.165) is 44.5 Å². The molecule has 0 N–H and O–H groups in total. The molecule has 1 aromatic heterocycles. The van der Waals surface area contributed by atoms with Gasteiger partial charge in [-0.3, -0.25) is 0 Å². The summed E-state index contributed by atoms with van der Waals surface area (Å²) in [5.41, 5.74) is 11.1. The smallest absolute Gasteiger partial charge is 0.178 e. The Hall–Kier alpha value is -7.63. The van der Waals surface area contributed by atoms with Crippen molar-refractivity contribution in [3.63, 3.8) is 0 Å². The summed E-state index contributed by atoms with van der Waals surface area (Å²) < 4.78 is 13.7. The van der Waals surface area contributed by atoms with Gasteiger partial charge in [0.05, 0.1) is 5.41 Å². The summed E-state index contributed by atoms with van der Waals surface area (Å²) in [5, 5.41) is 0. The summed E-state index contributed by atoms with van der Waals surface area (Å²) in [7, 11) is 0. The van der Waals surface area contributed by atoms with Crippen LogP contribution in [0, 0.1) is 0 Å². The van der Waals surface area contributed by atoms with Crippen LogP contribution in [0.25, 0.3) is 56.4 Å². The number of fused-ring (bicyclic) bond motifs is 6. The zero-order chi connectivity index (χ0) is 37.8. The van der Waals surface area contributed by atoms with Crippen LogP contribution in [0.2, 0.25) is 0 Å². The molecule has 8 aromatic carbocycles. The van der Waals surface area contributed by atoms with E-state index in [4.69, 9.17) is 24.4 Å². The largest absolute Gasteiger partial charge is 0.449 e. The van der Waals surface area contributed by atoms with E-state index in [1.807, 2.05) is 84.9 Å². The summed E-state index contributed by atoms with van der Waals surface area (Å²) in [5.74, 6) is 4.31. The van der Waals surface area contributed by atoms with Crippen LogP contribution in [0.4, 0.5) is 0 Å². The summed E-state index contributed by atoms with van der Waals surface area (Å²) >= 11 is 0. The van der Waals surface area contributed by atoms with Crippen LogP contribution in [0.3, 0.4) is 0 Å². The van der Waals surface area contributed by atoms with E-state index in [1.54, 1.807) is 0 Å². The fraction of sp³-hybridized carbons (Fsp3) is 0.0192. The molecular weight excluding hydrogens is 699 g/mol. The third-order valence-corrected chi connectivity index (χ3v) is 11.1. The molecule has 0 spiro atoms. The highest BCUT2D eigenvalue weighted by atomic mass is 16.6. The third kappa shape index (κ3) is 5.35. The zero-order valence-electron chi connectivity index (χ0n) is 30.7. The molecule has 2 aliphatic rings. The number of ether oxygens (including phenoxy) is 2. The molecule has 57 heavy (non-hydrogen) atoms. The monoisotopic (exact) mass is 731 g/mol. The minimum Gasteiger partial charge on any atom is -0.449 e. The summed E-state index contributed by atoms with van der Waals surface area (Å²) in [6, 6.07) is 69.0.